The summed E-state index contributed by atoms with van der Waals surface area (Å²) >= 11 is 0. The first-order valence-electron chi connectivity index (χ1n) is 5.85. The van der Waals surface area contributed by atoms with E-state index in [9.17, 15) is 17.2 Å². The molecule has 6 heteroatoms. The van der Waals surface area contributed by atoms with E-state index in [-0.39, 0.29) is 0 Å². The molecule has 0 saturated carbocycles. The Balaban J connectivity index is 2.49. The maximum Gasteiger partial charge on any atom is 0.267 e. The summed E-state index contributed by atoms with van der Waals surface area (Å²) in [5.74, 6) is -2.24. The Bertz CT molecular complexity index is 738. The van der Waals surface area contributed by atoms with E-state index >= 15 is 0 Å². The van der Waals surface area contributed by atoms with Crippen molar-refractivity contribution in [1.29, 1.82) is 0 Å². The van der Waals surface area contributed by atoms with Crippen LogP contribution in [0.2, 0.25) is 0 Å². The Morgan fingerprint density at radius 3 is 2.20 bits per heavy atom. The lowest BCUT2D eigenvalue weighted by molar-refractivity contribution is 0.521. The number of anilines is 1. The Kier molecular flexibility index (Phi) is 3.76. The lowest BCUT2D eigenvalue weighted by Gasteiger charge is -2.12. The summed E-state index contributed by atoms with van der Waals surface area (Å²) in [5.41, 5.74) is 1.80. The molecular formula is C14H13F2NO2S. The molecule has 2 aromatic carbocycles. The molecule has 106 valence electrons. The van der Waals surface area contributed by atoms with E-state index < -0.39 is 26.6 Å². The van der Waals surface area contributed by atoms with E-state index in [0.717, 1.165) is 23.8 Å². The summed E-state index contributed by atoms with van der Waals surface area (Å²) in [4.78, 5) is -0.971. The molecule has 3 nitrogen and oxygen atoms in total. The van der Waals surface area contributed by atoms with Gasteiger partial charge < -0.3 is 0 Å². The molecule has 2 aromatic rings. The van der Waals surface area contributed by atoms with Gasteiger partial charge in [0.15, 0.2) is 4.90 Å². The molecule has 2 rings (SSSR count). The largest absolute Gasteiger partial charge is 0.279 e. The molecule has 0 atom stereocenters. The van der Waals surface area contributed by atoms with Crippen LogP contribution in [0, 0.1) is 25.5 Å². The molecule has 0 aromatic heterocycles. The number of halogens is 2. The third-order valence-electron chi connectivity index (χ3n) is 2.83. The van der Waals surface area contributed by atoms with Crippen LogP contribution in [0.25, 0.3) is 0 Å². The van der Waals surface area contributed by atoms with E-state index in [1.165, 1.54) is 0 Å². The predicted molar refractivity (Wildman–Crippen MR) is 73.1 cm³/mol. The van der Waals surface area contributed by atoms with E-state index in [2.05, 4.69) is 4.72 Å². The standard InChI is InChI=1S/C14H13F2NO2S/c1-9-6-7-10(2)13(8-9)17-20(18,19)14-11(15)4-3-5-12(14)16/h3-8,17H,1-2H3. The van der Waals surface area contributed by atoms with Crippen molar-refractivity contribution >= 4 is 15.7 Å². The molecule has 0 radical (unpaired) electrons. The second-order valence-corrected chi connectivity index (χ2v) is 6.09. The van der Waals surface area contributed by atoms with E-state index in [0.29, 0.717) is 11.3 Å². The Labute approximate surface area is 116 Å². The van der Waals surface area contributed by atoms with Gasteiger partial charge in [0, 0.05) is 0 Å². The average molecular weight is 297 g/mol. The SMILES string of the molecule is Cc1ccc(C)c(NS(=O)(=O)c2c(F)cccc2F)c1. The third-order valence-corrected chi connectivity index (χ3v) is 4.24. The maximum absolute atomic E-state index is 13.6. The van der Waals surface area contributed by atoms with Crippen LogP contribution in [0.15, 0.2) is 41.3 Å². The zero-order chi connectivity index (χ0) is 14.9. The van der Waals surface area contributed by atoms with Gasteiger partial charge in [0.2, 0.25) is 0 Å². The molecule has 0 unspecified atom stereocenters. The smallest absolute Gasteiger partial charge is 0.267 e. The van der Waals surface area contributed by atoms with Crippen molar-refractivity contribution in [3.8, 4) is 0 Å². The molecule has 0 spiro atoms. The minimum absolute atomic E-state index is 0.299. The van der Waals surface area contributed by atoms with Crippen LogP contribution in [0.3, 0.4) is 0 Å². The number of rotatable bonds is 3. The van der Waals surface area contributed by atoms with Gasteiger partial charge in [0.05, 0.1) is 5.69 Å². The molecule has 1 N–H and O–H groups in total. The fraction of sp³-hybridized carbons (Fsp3) is 0.143. The van der Waals surface area contributed by atoms with Crippen molar-refractivity contribution in [2.75, 3.05) is 4.72 Å². The quantitative estimate of drug-likeness (QED) is 0.944. The molecule has 0 amide bonds. The van der Waals surface area contributed by atoms with Crippen molar-refractivity contribution in [1.82, 2.24) is 0 Å². The van der Waals surface area contributed by atoms with Crippen LogP contribution in [0.5, 0.6) is 0 Å². The van der Waals surface area contributed by atoms with Crippen molar-refractivity contribution < 1.29 is 17.2 Å². The molecule has 0 bridgehead atoms. The van der Waals surface area contributed by atoms with Crippen LogP contribution < -0.4 is 4.72 Å². The third kappa shape index (κ3) is 2.80. The Morgan fingerprint density at radius 2 is 1.60 bits per heavy atom. The second-order valence-electron chi connectivity index (χ2n) is 4.47. The molecule has 0 aliphatic heterocycles. The van der Waals surface area contributed by atoms with E-state index in [1.54, 1.807) is 26.0 Å². The zero-order valence-corrected chi connectivity index (χ0v) is 11.8. The van der Waals surface area contributed by atoms with Crippen LogP contribution in [-0.2, 0) is 10.0 Å². The first kappa shape index (κ1) is 14.5. The van der Waals surface area contributed by atoms with Crippen molar-refractivity contribution in [2.24, 2.45) is 0 Å². The van der Waals surface area contributed by atoms with Crippen molar-refractivity contribution in [3.63, 3.8) is 0 Å². The summed E-state index contributed by atoms with van der Waals surface area (Å²) in [7, 11) is -4.31. The average Bonchev–Trinajstić information content (AvgIpc) is 2.33. The summed E-state index contributed by atoms with van der Waals surface area (Å²) in [6.45, 7) is 3.50. The molecule has 0 fully saturated rings. The van der Waals surface area contributed by atoms with Gasteiger partial charge in [0.25, 0.3) is 10.0 Å². The second kappa shape index (κ2) is 5.20. The summed E-state index contributed by atoms with van der Waals surface area (Å²) in [6.07, 6.45) is 0. The minimum Gasteiger partial charge on any atom is -0.279 e. The lowest BCUT2D eigenvalue weighted by Crippen LogP contribution is -2.17. The number of sulfonamides is 1. The number of nitrogens with one attached hydrogen (secondary N) is 1. The molecule has 20 heavy (non-hydrogen) atoms. The normalized spacial score (nSPS) is 11.4. The molecular weight excluding hydrogens is 284 g/mol. The summed E-state index contributed by atoms with van der Waals surface area (Å²) < 4.78 is 53.6. The van der Waals surface area contributed by atoms with Gasteiger partial charge in [-0.25, -0.2) is 17.2 Å². The first-order valence-corrected chi connectivity index (χ1v) is 7.33. The minimum atomic E-state index is -4.31. The Hall–Kier alpha value is -1.95. The van der Waals surface area contributed by atoms with Crippen molar-refractivity contribution in [3.05, 3.63) is 59.2 Å². The van der Waals surface area contributed by atoms with E-state index in [1.807, 2.05) is 6.07 Å². The number of hydrogen-bond acceptors (Lipinski definition) is 2. The first-order chi connectivity index (χ1) is 9.31. The van der Waals surface area contributed by atoms with Crippen LogP contribution in [0.4, 0.5) is 14.5 Å². The summed E-state index contributed by atoms with van der Waals surface area (Å²) in [6, 6.07) is 8.07. The number of aryl methyl sites for hydroxylation is 2. The number of benzene rings is 2. The topological polar surface area (TPSA) is 46.2 Å². The maximum atomic E-state index is 13.6. The zero-order valence-electron chi connectivity index (χ0n) is 10.9. The van der Waals surface area contributed by atoms with Gasteiger partial charge in [-0.1, -0.05) is 18.2 Å². The van der Waals surface area contributed by atoms with Gasteiger partial charge in [-0.15, -0.1) is 0 Å². The fourth-order valence-corrected chi connectivity index (χ4v) is 3.04. The van der Waals surface area contributed by atoms with E-state index in [4.69, 9.17) is 0 Å². The predicted octanol–water partition coefficient (Wildman–Crippen LogP) is 3.38. The van der Waals surface area contributed by atoms with Gasteiger partial charge in [0.1, 0.15) is 11.6 Å². The molecule has 0 saturated heterocycles. The highest BCUT2D eigenvalue weighted by atomic mass is 32.2. The monoisotopic (exact) mass is 297 g/mol. The highest BCUT2D eigenvalue weighted by Gasteiger charge is 2.24. The van der Waals surface area contributed by atoms with Crippen molar-refractivity contribution in [2.45, 2.75) is 18.7 Å². The Morgan fingerprint density at radius 1 is 1.00 bits per heavy atom. The lowest BCUT2D eigenvalue weighted by atomic mass is 10.1. The summed E-state index contributed by atoms with van der Waals surface area (Å²) in [5, 5.41) is 0. The van der Waals surface area contributed by atoms with Gasteiger partial charge in [-0.3, -0.25) is 4.72 Å². The van der Waals surface area contributed by atoms with Crippen LogP contribution in [-0.4, -0.2) is 8.42 Å². The van der Waals surface area contributed by atoms with Gasteiger partial charge in [-0.05, 0) is 43.2 Å². The van der Waals surface area contributed by atoms with Crippen LogP contribution in [0.1, 0.15) is 11.1 Å². The van der Waals surface area contributed by atoms with Gasteiger partial charge >= 0.3 is 0 Å². The molecule has 0 heterocycles. The molecule has 0 aliphatic carbocycles. The van der Waals surface area contributed by atoms with Crippen LogP contribution >= 0.6 is 0 Å². The fourth-order valence-electron chi connectivity index (χ4n) is 1.78. The molecule has 0 aliphatic rings. The highest BCUT2D eigenvalue weighted by Crippen LogP contribution is 2.24. The van der Waals surface area contributed by atoms with Gasteiger partial charge in [-0.2, -0.15) is 0 Å². The number of hydrogen-bond donors (Lipinski definition) is 1. The highest BCUT2D eigenvalue weighted by molar-refractivity contribution is 7.92.